The van der Waals surface area contributed by atoms with Gasteiger partial charge in [-0.1, -0.05) is 6.07 Å². The second kappa shape index (κ2) is 5.84. The maximum atomic E-state index is 11.8. The summed E-state index contributed by atoms with van der Waals surface area (Å²) >= 11 is 0.984. The van der Waals surface area contributed by atoms with Gasteiger partial charge in [0.25, 0.3) is 0 Å². The molecule has 0 radical (unpaired) electrons. The number of benzene rings is 1. The van der Waals surface area contributed by atoms with Crippen molar-refractivity contribution in [1.82, 2.24) is 0 Å². The van der Waals surface area contributed by atoms with Gasteiger partial charge in [0.2, 0.25) is 5.91 Å². The molecule has 1 heterocycles. The summed E-state index contributed by atoms with van der Waals surface area (Å²) in [5.74, 6) is -1.37. The lowest BCUT2D eigenvalue weighted by molar-refractivity contribution is -0.133. The first-order valence-electron chi connectivity index (χ1n) is 5.83. The zero-order valence-electron chi connectivity index (χ0n) is 10.5. The summed E-state index contributed by atoms with van der Waals surface area (Å²) < 4.78 is 23.5. The molecule has 2 rings (SSSR count). The second-order valence-electron chi connectivity index (χ2n) is 4.33. The van der Waals surface area contributed by atoms with Gasteiger partial charge < -0.3 is 10.4 Å². The van der Waals surface area contributed by atoms with E-state index in [0.29, 0.717) is 12.1 Å². The molecule has 2 N–H and O–H groups in total. The summed E-state index contributed by atoms with van der Waals surface area (Å²) in [4.78, 5) is 22.2. The SMILES string of the molecule is O=C(O)CSCC(=O)Nc1ccc2c(c1)S(=O)(=O)CC2. The molecule has 8 heteroatoms. The Morgan fingerprint density at radius 3 is 2.75 bits per heavy atom. The third kappa shape index (κ3) is 3.51. The number of aliphatic carboxylic acids is 1. The molecule has 108 valence electrons. The minimum Gasteiger partial charge on any atom is -0.481 e. The van der Waals surface area contributed by atoms with E-state index in [1.165, 1.54) is 6.07 Å². The molecular weight excluding hydrogens is 302 g/mol. The Labute approximate surface area is 120 Å². The standard InChI is InChI=1S/C12H13NO5S2/c14-11(6-19-7-12(15)16)13-9-2-1-8-3-4-20(17,18)10(8)5-9/h1-2,5H,3-4,6-7H2,(H,13,14)(H,15,16). The zero-order valence-corrected chi connectivity index (χ0v) is 12.1. The van der Waals surface area contributed by atoms with Crippen molar-refractivity contribution in [2.75, 3.05) is 22.6 Å². The maximum Gasteiger partial charge on any atom is 0.313 e. The van der Waals surface area contributed by atoms with Gasteiger partial charge in [-0.2, -0.15) is 0 Å². The topological polar surface area (TPSA) is 101 Å². The minimum absolute atomic E-state index is 0.0101. The Morgan fingerprint density at radius 1 is 1.30 bits per heavy atom. The molecule has 0 saturated heterocycles. The molecule has 0 atom stereocenters. The Morgan fingerprint density at radius 2 is 2.05 bits per heavy atom. The van der Waals surface area contributed by atoms with Crippen LogP contribution in [-0.4, -0.2) is 42.7 Å². The number of amides is 1. The van der Waals surface area contributed by atoms with Crippen LogP contribution in [0.25, 0.3) is 0 Å². The number of sulfone groups is 1. The van der Waals surface area contributed by atoms with Gasteiger partial charge >= 0.3 is 5.97 Å². The van der Waals surface area contributed by atoms with E-state index in [1.54, 1.807) is 12.1 Å². The van der Waals surface area contributed by atoms with E-state index in [1.807, 2.05) is 0 Å². The van der Waals surface area contributed by atoms with Crippen molar-refractivity contribution in [1.29, 1.82) is 0 Å². The first-order valence-corrected chi connectivity index (χ1v) is 8.64. The van der Waals surface area contributed by atoms with Gasteiger partial charge in [0, 0.05) is 5.69 Å². The number of carboxylic acids is 1. The Balaban J connectivity index is 2.01. The summed E-state index contributed by atoms with van der Waals surface area (Å²) in [6, 6.07) is 4.80. The van der Waals surface area contributed by atoms with Crippen LogP contribution in [0.4, 0.5) is 5.69 Å². The van der Waals surface area contributed by atoms with Gasteiger partial charge in [0.15, 0.2) is 9.84 Å². The molecule has 0 spiro atoms. The zero-order chi connectivity index (χ0) is 14.8. The van der Waals surface area contributed by atoms with Crippen molar-refractivity contribution in [3.05, 3.63) is 23.8 Å². The van der Waals surface area contributed by atoms with Gasteiger partial charge in [0.05, 0.1) is 22.2 Å². The van der Waals surface area contributed by atoms with E-state index < -0.39 is 15.8 Å². The van der Waals surface area contributed by atoms with E-state index >= 15 is 0 Å². The lowest BCUT2D eigenvalue weighted by Gasteiger charge is -2.06. The molecule has 6 nitrogen and oxygen atoms in total. The number of hydrogen-bond acceptors (Lipinski definition) is 5. The predicted octanol–water partition coefficient (Wildman–Crippen LogP) is 0.773. The summed E-state index contributed by atoms with van der Waals surface area (Å²) in [6.07, 6.45) is 0.500. The third-order valence-electron chi connectivity index (χ3n) is 2.78. The number of anilines is 1. The van der Waals surface area contributed by atoms with Crippen molar-refractivity contribution in [2.45, 2.75) is 11.3 Å². The molecule has 20 heavy (non-hydrogen) atoms. The van der Waals surface area contributed by atoms with E-state index in [9.17, 15) is 18.0 Å². The summed E-state index contributed by atoms with van der Waals surface area (Å²) in [5, 5.41) is 11.0. The summed E-state index contributed by atoms with van der Waals surface area (Å²) in [7, 11) is -3.23. The van der Waals surface area contributed by atoms with Crippen LogP contribution in [0.5, 0.6) is 0 Å². The van der Waals surface area contributed by atoms with Gasteiger partial charge in [-0.15, -0.1) is 11.8 Å². The van der Waals surface area contributed by atoms with Crippen molar-refractivity contribution in [3.8, 4) is 0 Å². The van der Waals surface area contributed by atoms with E-state index in [0.717, 1.165) is 17.3 Å². The molecule has 0 aliphatic carbocycles. The molecule has 1 aromatic rings. The molecule has 1 aliphatic heterocycles. The molecule has 0 unspecified atom stereocenters. The van der Waals surface area contributed by atoms with Crippen molar-refractivity contribution >= 4 is 39.2 Å². The molecule has 0 fully saturated rings. The minimum atomic E-state index is -3.23. The summed E-state index contributed by atoms with van der Waals surface area (Å²) in [6.45, 7) is 0. The lowest BCUT2D eigenvalue weighted by atomic mass is 10.1. The number of hydrogen-bond donors (Lipinski definition) is 2. The van der Waals surface area contributed by atoms with Crippen molar-refractivity contribution in [3.63, 3.8) is 0 Å². The Bertz CT molecular complexity index is 654. The first-order chi connectivity index (χ1) is 9.38. The molecule has 1 aliphatic rings. The number of thioether (sulfide) groups is 1. The van der Waals surface area contributed by atoms with E-state index in [4.69, 9.17) is 5.11 Å². The smallest absolute Gasteiger partial charge is 0.313 e. The van der Waals surface area contributed by atoms with Crippen molar-refractivity contribution in [2.24, 2.45) is 0 Å². The van der Waals surface area contributed by atoms with Gasteiger partial charge in [-0.25, -0.2) is 8.42 Å². The summed E-state index contributed by atoms with van der Waals surface area (Å²) in [5.41, 5.74) is 1.18. The second-order valence-corrected chi connectivity index (χ2v) is 7.39. The van der Waals surface area contributed by atoms with Crippen LogP contribution in [0.2, 0.25) is 0 Å². The van der Waals surface area contributed by atoms with E-state index in [-0.39, 0.29) is 28.1 Å². The number of carbonyl (C=O) groups excluding carboxylic acids is 1. The average molecular weight is 315 g/mol. The molecule has 0 saturated carbocycles. The number of fused-ring (bicyclic) bond motifs is 1. The quantitative estimate of drug-likeness (QED) is 0.832. The van der Waals surface area contributed by atoms with Gasteiger partial charge in [0.1, 0.15) is 0 Å². The van der Waals surface area contributed by atoms with Crippen molar-refractivity contribution < 1.29 is 23.1 Å². The Hall–Kier alpha value is -1.54. The van der Waals surface area contributed by atoms with Crippen LogP contribution < -0.4 is 5.32 Å². The largest absolute Gasteiger partial charge is 0.481 e. The van der Waals surface area contributed by atoms with Crippen LogP contribution in [0.15, 0.2) is 23.1 Å². The predicted molar refractivity (Wildman–Crippen MR) is 75.8 cm³/mol. The molecule has 1 amide bonds. The number of carbonyl (C=O) groups is 2. The van der Waals surface area contributed by atoms with Gasteiger partial charge in [-0.05, 0) is 24.1 Å². The lowest BCUT2D eigenvalue weighted by Crippen LogP contribution is -2.15. The van der Waals surface area contributed by atoms with Crippen LogP contribution in [0, 0.1) is 0 Å². The fourth-order valence-electron chi connectivity index (χ4n) is 1.91. The normalized spacial score (nSPS) is 15.6. The number of aryl methyl sites for hydroxylation is 1. The number of rotatable bonds is 5. The number of carboxylic acid groups (broad SMARTS) is 1. The monoisotopic (exact) mass is 315 g/mol. The van der Waals surface area contributed by atoms with E-state index in [2.05, 4.69) is 5.32 Å². The number of nitrogens with one attached hydrogen (secondary N) is 1. The maximum absolute atomic E-state index is 11.8. The van der Waals surface area contributed by atoms with Crippen LogP contribution in [0.3, 0.4) is 0 Å². The highest BCUT2D eigenvalue weighted by molar-refractivity contribution is 8.00. The highest BCUT2D eigenvalue weighted by Crippen LogP contribution is 2.28. The average Bonchev–Trinajstić information content (AvgIpc) is 2.65. The van der Waals surface area contributed by atoms with Crippen LogP contribution in [0.1, 0.15) is 5.56 Å². The van der Waals surface area contributed by atoms with Crippen LogP contribution in [-0.2, 0) is 25.8 Å². The fraction of sp³-hybridized carbons (Fsp3) is 0.333. The Kier molecular flexibility index (Phi) is 4.34. The third-order valence-corrected chi connectivity index (χ3v) is 5.49. The van der Waals surface area contributed by atoms with Gasteiger partial charge in [-0.3, -0.25) is 9.59 Å². The molecule has 0 bridgehead atoms. The first kappa shape index (κ1) is 14.9. The fourth-order valence-corrected chi connectivity index (χ4v) is 4.03. The molecular formula is C12H13NO5S2. The molecule has 0 aromatic heterocycles. The molecule has 1 aromatic carbocycles. The highest BCUT2D eigenvalue weighted by atomic mass is 32.2. The highest BCUT2D eigenvalue weighted by Gasteiger charge is 2.26. The van der Waals surface area contributed by atoms with Crippen LogP contribution >= 0.6 is 11.8 Å².